The number of nitrogens with zero attached hydrogens (tertiary/aromatic N) is 1. The van der Waals surface area contributed by atoms with Gasteiger partial charge in [0.15, 0.2) is 0 Å². The Balaban J connectivity index is 1.38. The second-order valence-electron chi connectivity index (χ2n) is 14.2. The predicted molar refractivity (Wildman–Crippen MR) is 146 cm³/mol. The van der Waals surface area contributed by atoms with E-state index < -0.39 is 0 Å². The standard InChI is InChI=1S/C32H57NO/c1-23(2)10-8-11-24(3)28-14-15-29-27-13-12-25-22-26(34-21-9-20-33(6)7)16-18-31(25,4)30(27)17-19-32(28,29)5/h12,23-24,26-30H,8-11,13-22H2,1-7H3/t24-,26+,27+,28-,29+,30+,31?,32-/m1/s1. The molecule has 0 saturated heterocycles. The van der Waals surface area contributed by atoms with E-state index in [1.165, 1.54) is 70.6 Å². The van der Waals surface area contributed by atoms with E-state index in [1.54, 1.807) is 5.57 Å². The van der Waals surface area contributed by atoms with Gasteiger partial charge in [0.1, 0.15) is 0 Å². The minimum Gasteiger partial charge on any atom is -0.378 e. The summed E-state index contributed by atoms with van der Waals surface area (Å²) in [6, 6.07) is 0. The molecule has 1 unspecified atom stereocenters. The molecule has 196 valence electrons. The van der Waals surface area contributed by atoms with Crippen molar-refractivity contribution in [2.45, 2.75) is 118 Å². The van der Waals surface area contributed by atoms with Crippen molar-refractivity contribution in [1.29, 1.82) is 0 Å². The largest absolute Gasteiger partial charge is 0.378 e. The number of hydrogen-bond acceptors (Lipinski definition) is 2. The number of fused-ring (bicyclic) bond motifs is 5. The average molecular weight is 472 g/mol. The first-order valence-electron chi connectivity index (χ1n) is 15.1. The second-order valence-corrected chi connectivity index (χ2v) is 14.2. The fraction of sp³-hybridized carbons (Fsp3) is 0.938. The van der Waals surface area contributed by atoms with Crippen molar-refractivity contribution < 1.29 is 4.74 Å². The maximum absolute atomic E-state index is 6.37. The van der Waals surface area contributed by atoms with E-state index in [0.29, 0.717) is 16.9 Å². The fourth-order valence-electron chi connectivity index (χ4n) is 9.43. The van der Waals surface area contributed by atoms with Gasteiger partial charge in [-0.15, -0.1) is 0 Å². The molecule has 4 aliphatic carbocycles. The highest BCUT2D eigenvalue weighted by Crippen LogP contribution is 2.67. The van der Waals surface area contributed by atoms with Gasteiger partial charge in [-0.2, -0.15) is 0 Å². The molecular weight excluding hydrogens is 414 g/mol. The molecule has 0 amide bonds. The van der Waals surface area contributed by atoms with Gasteiger partial charge in [-0.05, 0) is 125 Å². The van der Waals surface area contributed by atoms with E-state index in [9.17, 15) is 0 Å². The molecule has 8 atom stereocenters. The highest BCUT2D eigenvalue weighted by atomic mass is 16.5. The molecule has 0 spiro atoms. The highest BCUT2D eigenvalue weighted by Gasteiger charge is 2.59. The van der Waals surface area contributed by atoms with Gasteiger partial charge in [0.05, 0.1) is 6.10 Å². The van der Waals surface area contributed by atoms with E-state index in [-0.39, 0.29) is 0 Å². The van der Waals surface area contributed by atoms with E-state index in [4.69, 9.17) is 4.74 Å². The van der Waals surface area contributed by atoms with Crippen molar-refractivity contribution >= 4 is 0 Å². The summed E-state index contributed by atoms with van der Waals surface area (Å²) in [7, 11) is 4.31. The topological polar surface area (TPSA) is 12.5 Å². The molecular formula is C32H57NO. The Kier molecular flexibility index (Phi) is 8.61. The highest BCUT2D eigenvalue weighted by molar-refractivity contribution is 5.25. The Bertz CT molecular complexity index is 697. The molecule has 4 aliphatic rings. The van der Waals surface area contributed by atoms with Crippen molar-refractivity contribution in [3.8, 4) is 0 Å². The molecule has 4 rings (SSSR count). The smallest absolute Gasteiger partial charge is 0.0612 e. The Morgan fingerprint density at radius 2 is 1.76 bits per heavy atom. The van der Waals surface area contributed by atoms with Crippen molar-refractivity contribution in [3.05, 3.63) is 11.6 Å². The zero-order valence-electron chi connectivity index (χ0n) is 23.9. The summed E-state index contributed by atoms with van der Waals surface area (Å²) in [5.41, 5.74) is 2.83. The van der Waals surface area contributed by atoms with Gasteiger partial charge in [-0.3, -0.25) is 0 Å². The van der Waals surface area contributed by atoms with Crippen molar-refractivity contribution in [2.24, 2.45) is 46.3 Å². The Morgan fingerprint density at radius 3 is 2.50 bits per heavy atom. The predicted octanol–water partition coefficient (Wildman–Crippen LogP) is 8.36. The van der Waals surface area contributed by atoms with Crippen LogP contribution in [0, 0.1) is 46.3 Å². The van der Waals surface area contributed by atoms with E-state index >= 15 is 0 Å². The first kappa shape index (κ1) is 26.7. The number of rotatable bonds is 10. The van der Waals surface area contributed by atoms with Crippen LogP contribution < -0.4 is 0 Å². The lowest BCUT2D eigenvalue weighted by molar-refractivity contribution is -0.0642. The molecule has 0 aliphatic heterocycles. The van der Waals surface area contributed by atoms with E-state index in [0.717, 1.165) is 55.1 Å². The van der Waals surface area contributed by atoms with Crippen LogP contribution in [-0.2, 0) is 4.74 Å². The summed E-state index contributed by atoms with van der Waals surface area (Å²) in [6.45, 7) is 14.8. The molecule has 3 fully saturated rings. The third kappa shape index (κ3) is 5.34. The molecule has 0 aromatic heterocycles. The van der Waals surface area contributed by atoms with Crippen LogP contribution in [-0.4, -0.2) is 38.3 Å². The Morgan fingerprint density at radius 1 is 0.971 bits per heavy atom. The molecule has 3 saturated carbocycles. The average Bonchev–Trinajstić information content (AvgIpc) is 3.13. The minimum atomic E-state index is 0.453. The van der Waals surface area contributed by atoms with Crippen LogP contribution in [0.4, 0.5) is 0 Å². The van der Waals surface area contributed by atoms with Gasteiger partial charge < -0.3 is 9.64 Å². The maximum Gasteiger partial charge on any atom is 0.0612 e. The summed E-state index contributed by atoms with van der Waals surface area (Å²) in [5, 5.41) is 0. The van der Waals surface area contributed by atoms with Gasteiger partial charge in [-0.25, -0.2) is 0 Å². The summed E-state index contributed by atoms with van der Waals surface area (Å²) < 4.78 is 6.37. The van der Waals surface area contributed by atoms with Crippen LogP contribution in [0.2, 0.25) is 0 Å². The third-order valence-electron chi connectivity index (χ3n) is 11.4. The zero-order chi connectivity index (χ0) is 24.5. The van der Waals surface area contributed by atoms with Crippen LogP contribution in [0.15, 0.2) is 11.6 Å². The normalized spacial score (nSPS) is 40.6. The molecule has 0 heterocycles. The molecule has 34 heavy (non-hydrogen) atoms. The van der Waals surface area contributed by atoms with Crippen LogP contribution in [0.1, 0.15) is 112 Å². The quantitative estimate of drug-likeness (QED) is 0.234. The summed E-state index contributed by atoms with van der Waals surface area (Å²) in [4.78, 5) is 2.27. The van der Waals surface area contributed by atoms with E-state index in [2.05, 4.69) is 59.7 Å². The SMILES string of the molecule is CC(C)CCC[C@@H](C)[C@H]1CC[C@H]2[C@@H]3CC=C4C[C@@H](OCCCN(C)C)CCC4(C)[C@H]3CC[C@]12C. The van der Waals surface area contributed by atoms with Gasteiger partial charge in [-0.1, -0.05) is 65.5 Å². The third-order valence-corrected chi connectivity index (χ3v) is 11.4. The maximum atomic E-state index is 6.37. The van der Waals surface area contributed by atoms with Crippen LogP contribution in [0.3, 0.4) is 0 Å². The first-order valence-corrected chi connectivity index (χ1v) is 15.1. The molecule has 2 nitrogen and oxygen atoms in total. The first-order chi connectivity index (χ1) is 16.1. The lowest BCUT2D eigenvalue weighted by Crippen LogP contribution is -2.51. The van der Waals surface area contributed by atoms with Crippen molar-refractivity contribution in [2.75, 3.05) is 27.2 Å². The zero-order valence-corrected chi connectivity index (χ0v) is 23.9. The molecule has 0 N–H and O–H groups in total. The van der Waals surface area contributed by atoms with Crippen LogP contribution in [0.25, 0.3) is 0 Å². The molecule has 2 heteroatoms. The van der Waals surface area contributed by atoms with Crippen molar-refractivity contribution in [1.82, 2.24) is 4.90 Å². The lowest BCUT2D eigenvalue weighted by atomic mass is 9.47. The molecule has 0 bridgehead atoms. The second kappa shape index (κ2) is 11.0. The summed E-state index contributed by atoms with van der Waals surface area (Å²) in [6.07, 6.45) is 19.8. The van der Waals surface area contributed by atoms with Crippen molar-refractivity contribution in [3.63, 3.8) is 0 Å². The summed E-state index contributed by atoms with van der Waals surface area (Å²) >= 11 is 0. The minimum absolute atomic E-state index is 0.453. The van der Waals surface area contributed by atoms with Gasteiger partial charge in [0, 0.05) is 6.61 Å². The van der Waals surface area contributed by atoms with E-state index in [1.807, 2.05) is 0 Å². The Hall–Kier alpha value is -0.340. The molecule has 0 aromatic rings. The molecule has 0 radical (unpaired) electrons. The Labute approximate surface area is 212 Å². The van der Waals surface area contributed by atoms with Crippen LogP contribution >= 0.6 is 0 Å². The monoisotopic (exact) mass is 471 g/mol. The number of allylic oxidation sites excluding steroid dienone is 1. The lowest BCUT2D eigenvalue weighted by Gasteiger charge is -2.58. The summed E-state index contributed by atoms with van der Waals surface area (Å²) in [5.74, 6) is 5.58. The fourth-order valence-corrected chi connectivity index (χ4v) is 9.43. The molecule has 0 aromatic carbocycles. The van der Waals surface area contributed by atoms with Gasteiger partial charge >= 0.3 is 0 Å². The number of hydrogen-bond donors (Lipinski definition) is 0. The van der Waals surface area contributed by atoms with Gasteiger partial charge in [0.25, 0.3) is 0 Å². The van der Waals surface area contributed by atoms with Crippen LogP contribution in [0.5, 0.6) is 0 Å². The van der Waals surface area contributed by atoms with Gasteiger partial charge in [0.2, 0.25) is 0 Å². The number of ether oxygens (including phenoxy) is 1.